The highest BCUT2D eigenvalue weighted by Crippen LogP contribution is 2.59. The van der Waals surface area contributed by atoms with Crippen molar-refractivity contribution in [3.63, 3.8) is 0 Å². The first kappa shape index (κ1) is 35.9. The highest BCUT2D eigenvalue weighted by atomic mass is 32.1. The molecule has 2 aliphatic rings. The second-order valence-electron chi connectivity index (χ2n) is 16.6. The van der Waals surface area contributed by atoms with Crippen LogP contribution in [0.2, 0.25) is 0 Å². The van der Waals surface area contributed by atoms with Crippen LogP contribution in [0.3, 0.4) is 0 Å². The van der Waals surface area contributed by atoms with Gasteiger partial charge < -0.3 is 4.90 Å². The maximum Gasteiger partial charge on any atom is 0.0714 e. The molecule has 0 N–H and O–H groups in total. The Bertz CT molecular complexity index is 3200. The molecule has 0 amide bonds. The van der Waals surface area contributed by atoms with E-state index in [9.17, 15) is 0 Å². The fourth-order valence-electron chi connectivity index (χ4n) is 10.6. The molecule has 2 heteroatoms. The predicted octanol–water partition coefficient (Wildman–Crippen LogP) is 16.1. The van der Waals surface area contributed by atoms with E-state index in [0.717, 1.165) is 24.2 Å². The molecule has 61 heavy (non-hydrogen) atoms. The van der Waals surface area contributed by atoms with E-state index in [1.807, 2.05) is 11.3 Å². The second-order valence-corrected chi connectivity index (χ2v) is 17.7. The maximum atomic E-state index is 2.58. The van der Waals surface area contributed by atoms with Gasteiger partial charge in [-0.05, 0) is 135 Å². The van der Waals surface area contributed by atoms with Crippen molar-refractivity contribution in [3.8, 4) is 33.4 Å². The minimum Gasteiger partial charge on any atom is -0.310 e. The molecule has 0 radical (unpaired) electrons. The van der Waals surface area contributed by atoms with E-state index in [1.54, 1.807) is 0 Å². The van der Waals surface area contributed by atoms with Crippen molar-refractivity contribution < 1.29 is 0 Å². The Hall–Kier alpha value is -7.00. The van der Waals surface area contributed by atoms with Crippen LogP contribution >= 0.6 is 11.3 Å². The first-order chi connectivity index (χ1) is 30.3. The molecule has 0 saturated heterocycles. The van der Waals surface area contributed by atoms with Gasteiger partial charge in [-0.15, -0.1) is 11.3 Å². The van der Waals surface area contributed by atoms with Crippen molar-refractivity contribution in [1.29, 1.82) is 0 Å². The quantitative estimate of drug-likeness (QED) is 0.155. The number of thiophene rings is 1. The van der Waals surface area contributed by atoms with Gasteiger partial charge in [0.2, 0.25) is 0 Å². The molecule has 0 aliphatic heterocycles. The van der Waals surface area contributed by atoms with Gasteiger partial charge in [-0.1, -0.05) is 164 Å². The Morgan fingerprint density at radius 3 is 1.80 bits per heavy atom. The van der Waals surface area contributed by atoms with Crippen LogP contribution in [0.5, 0.6) is 0 Å². The van der Waals surface area contributed by atoms with Crippen molar-refractivity contribution >= 4 is 48.6 Å². The van der Waals surface area contributed by atoms with Gasteiger partial charge in [-0.2, -0.15) is 0 Å². The largest absolute Gasteiger partial charge is 0.310 e. The van der Waals surface area contributed by atoms with Crippen molar-refractivity contribution in [2.75, 3.05) is 4.90 Å². The van der Waals surface area contributed by atoms with E-state index in [-0.39, 0.29) is 0 Å². The summed E-state index contributed by atoms with van der Waals surface area (Å²) >= 11 is 1.87. The maximum absolute atomic E-state index is 2.58. The molecule has 2 aliphatic carbocycles. The summed E-state index contributed by atoms with van der Waals surface area (Å²) in [4.78, 5) is 2.56. The minimum absolute atomic E-state index is 0.534. The van der Waals surface area contributed by atoms with E-state index in [0.29, 0.717) is 0 Å². The minimum atomic E-state index is -0.534. The Morgan fingerprint density at radius 2 is 1.02 bits per heavy atom. The molecule has 0 fully saturated rings. The first-order valence-corrected chi connectivity index (χ1v) is 22.4. The van der Waals surface area contributed by atoms with Gasteiger partial charge in [0.1, 0.15) is 0 Å². The molecular formula is C59H43NS. The number of fused-ring (bicyclic) bond motifs is 7. The number of aryl methyl sites for hydroxylation is 1. The van der Waals surface area contributed by atoms with Gasteiger partial charge in [-0.3, -0.25) is 0 Å². The lowest BCUT2D eigenvalue weighted by atomic mass is 9.67. The van der Waals surface area contributed by atoms with Crippen LogP contribution in [-0.2, 0) is 18.3 Å². The topological polar surface area (TPSA) is 3.24 Å². The van der Waals surface area contributed by atoms with Crippen LogP contribution in [-0.4, -0.2) is 0 Å². The molecule has 12 rings (SSSR count). The summed E-state index contributed by atoms with van der Waals surface area (Å²) in [6.45, 7) is 0. The molecule has 0 saturated carbocycles. The zero-order chi connectivity index (χ0) is 40.3. The predicted molar refractivity (Wildman–Crippen MR) is 259 cm³/mol. The van der Waals surface area contributed by atoms with Gasteiger partial charge in [0.25, 0.3) is 0 Å². The summed E-state index contributed by atoms with van der Waals surface area (Å²) in [5.74, 6) is 0. The smallest absolute Gasteiger partial charge is 0.0714 e. The van der Waals surface area contributed by atoms with Crippen molar-refractivity contribution in [2.45, 2.75) is 31.1 Å². The lowest BCUT2D eigenvalue weighted by Crippen LogP contribution is -2.28. The van der Waals surface area contributed by atoms with E-state index in [2.05, 4.69) is 217 Å². The molecule has 1 aromatic heterocycles. The normalized spacial score (nSPS) is 13.8. The van der Waals surface area contributed by atoms with E-state index < -0.39 is 5.41 Å². The van der Waals surface area contributed by atoms with Crippen LogP contribution in [0.15, 0.2) is 212 Å². The number of nitrogens with zero attached hydrogens (tertiary/aromatic N) is 1. The summed E-state index contributed by atoms with van der Waals surface area (Å²) in [6, 6.07) is 79.7. The van der Waals surface area contributed by atoms with Crippen LogP contribution in [0.25, 0.3) is 53.6 Å². The Morgan fingerprint density at radius 1 is 0.393 bits per heavy atom. The van der Waals surface area contributed by atoms with E-state index in [1.165, 1.54) is 105 Å². The molecular weight excluding hydrogens is 755 g/mol. The van der Waals surface area contributed by atoms with Gasteiger partial charge >= 0.3 is 0 Å². The summed E-state index contributed by atoms with van der Waals surface area (Å²) in [7, 11) is 0. The number of benzene rings is 9. The Labute approximate surface area is 361 Å². The zero-order valence-electron chi connectivity index (χ0n) is 33.9. The fraction of sp³-hybridized carbons (Fsp3) is 0.0847. The van der Waals surface area contributed by atoms with Gasteiger partial charge in [-0.25, -0.2) is 0 Å². The number of hydrogen-bond donors (Lipinski definition) is 0. The third-order valence-corrected chi connectivity index (χ3v) is 14.5. The molecule has 10 aromatic rings. The van der Waals surface area contributed by atoms with Gasteiger partial charge in [0, 0.05) is 37.1 Å². The number of anilines is 3. The van der Waals surface area contributed by atoms with Gasteiger partial charge in [0.05, 0.1) is 11.1 Å². The molecule has 0 atom stereocenters. The number of hydrogen-bond acceptors (Lipinski definition) is 2. The summed E-state index contributed by atoms with van der Waals surface area (Å²) in [5, 5.41) is 2.59. The SMILES string of the molecule is c1ccc(-c2ccc(N(c3ccc4sc5ccccc5c4c3)c3cc4c(cc3-c3cccc5c3CCCC5)-c3ccccc3C4(c3ccccc3)c3ccccc3)cc2)cc1. The average molecular weight is 798 g/mol. The van der Waals surface area contributed by atoms with Crippen LogP contribution in [0, 0.1) is 0 Å². The lowest BCUT2D eigenvalue weighted by molar-refractivity contribution is 0.687. The summed E-state index contributed by atoms with van der Waals surface area (Å²) in [5.41, 5.74) is 18.7. The van der Waals surface area contributed by atoms with Crippen molar-refractivity contribution in [1.82, 2.24) is 0 Å². The standard InChI is InChI=1S/C59H43NS/c1-4-17-40(18-5-1)41-31-33-45(34-32-41)60(46-35-36-58-53(37-46)50-27-13-15-30-57(50)61-58)56-39-55-51(38-52(56)48-28-16-20-42-19-10-11-25-47(42)48)49-26-12-14-29-54(49)59(55,43-21-6-2-7-22-43)44-23-8-3-9-24-44/h1-9,12-18,20-24,26-39H,10-11,19,25H2. The monoisotopic (exact) mass is 797 g/mol. The van der Waals surface area contributed by atoms with Gasteiger partial charge in [0.15, 0.2) is 0 Å². The highest BCUT2D eigenvalue weighted by molar-refractivity contribution is 7.25. The second kappa shape index (κ2) is 14.6. The third kappa shape index (κ3) is 5.74. The number of rotatable bonds is 7. The van der Waals surface area contributed by atoms with Crippen LogP contribution in [0.4, 0.5) is 17.1 Å². The molecule has 9 aromatic carbocycles. The zero-order valence-corrected chi connectivity index (χ0v) is 34.7. The summed E-state index contributed by atoms with van der Waals surface area (Å²) < 4.78 is 2.62. The molecule has 1 nitrogen and oxygen atoms in total. The van der Waals surface area contributed by atoms with E-state index >= 15 is 0 Å². The summed E-state index contributed by atoms with van der Waals surface area (Å²) in [6.07, 6.45) is 4.68. The lowest BCUT2D eigenvalue weighted by Gasteiger charge is -2.36. The highest BCUT2D eigenvalue weighted by Gasteiger charge is 2.47. The van der Waals surface area contributed by atoms with Crippen LogP contribution in [0.1, 0.15) is 46.2 Å². The van der Waals surface area contributed by atoms with Crippen molar-refractivity contribution in [3.05, 3.63) is 246 Å². The fourth-order valence-corrected chi connectivity index (χ4v) is 11.7. The molecule has 0 bridgehead atoms. The first-order valence-electron chi connectivity index (χ1n) is 21.6. The Balaban J connectivity index is 1.20. The van der Waals surface area contributed by atoms with E-state index in [4.69, 9.17) is 0 Å². The molecule has 0 spiro atoms. The molecule has 1 heterocycles. The Kier molecular flexibility index (Phi) is 8.61. The molecule has 0 unspecified atom stereocenters. The average Bonchev–Trinajstić information content (AvgIpc) is 3.85. The third-order valence-electron chi connectivity index (χ3n) is 13.4. The van der Waals surface area contributed by atoms with Crippen molar-refractivity contribution in [2.24, 2.45) is 0 Å². The van der Waals surface area contributed by atoms with Crippen LogP contribution < -0.4 is 4.90 Å². The molecule has 290 valence electrons.